The Morgan fingerprint density at radius 2 is 1.77 bits per heavy atom. The van der Waals surface area contributed by atoms with Gasteiger partial charge in [0.1, 0.15) is 28.1 Å². The number of nitrogens with one attached hydrogen (secondary N) is 1. The van der Waals surface area contributed by atoms with Crippen LogP contribution < -0.4 is 19.5 Å². The van der Waals surface area contributed by atoms with Gasteiger partial charge in [-0.2, -0.15) is 9.40 Å². The normalized spacial score (nSPS) is 11.5. The van der Waals surface area contributed by atoms with Crippen molar-refractivity contribution in [3.05, 3.63) is 70.6 Å². The van der Waals surface area contributed by atoms with E-state index in [0.29, 0.717) is 52.4 Å². The van der Waals surface area contributed by atoms with Crippen LogP contribution in [0.5, 0.6) is 17.2 Å². The summed E-state index contributed by atoms with van der Waals surface area (Å²) in [6.07, 6.45) is 2.76. The van der Waals surface area contributed by atoms with Crippen molar-refractivity contribution in [2.75, 3.05) is 55.1 Å². The molecule has 4 rings (SSSR count). The standard InChI is InChI=1S/C30H37ClN6O6S/c1-35(2)13-6-12-32-30(38)29-23-18-33-28(31)17-25(23)37(34-29)24-10-7-20(15-27(24)43-5)19-36(44(39)40)14-11-21-8-9-22(41-3)16-26(21)42-4/h7-10,15-18,44H,6,11-14,19H2,1-5H3,(H,32,38). The van der Waals surface area contributed by atoms with Gasteiger partial charge in [0.05, 0.1) is 32.2 Å². The third-order valence-electron chi connectivity index (χ3n) is 7.02. The number of nitrogens with zero attached hydrogens (tertiary/aromatic N) is 5. The highest BCUT2D eigenvalue weighted by atomic mass is 35.5. The highest BCUT2D eigenvalue weighted by Crippen LogP contribution is 2.31. The summed E-state index contributed by atoms with van der Waals surface area (Å²) in [7, 11) is 5.73. The van der Waals surface area contributed by atoms with Crippen LogP contribution in [0, 0.1) is 0 Å². The number of methoxy groups -OCH3 is 3. The lowest BCUT2D eigenvalue weighted by atomic mass is 10.1. The molecule has 0 saturated carbocycles. The first kappa shape index (κ1) is 33.0. The van der Waals surface area contributed by atoms with Gasteiger partial charge in [-0.15, -0.1) is 0 Å². The second-order valence-electron chi connectivity index (χ2n) is 10.3. The molecular formula is C30H37ClN6O6S. The second kappa shape index (κ2) is 15.2. The Hall–Kier alpha value is -3.91. The maximum atomic E-state index is 13.1. The van der Waals surface area contributed by atoms with Gasteiger partial charge in [-0.1, -0.05) is 23.7 Å². The molecule has 0 saturated heterocycles. The lowest BCUT2D eigenvalue weighted by Gasteiger charge is -2.18. The number of rotatable bonds is 15. The molecule has 0 aliphatic carbocycles. The Bertz CT molecular complexity index is 1680. The van der Waals surface area contributed by atoms with Gasteiger partial charge in [0, 0.05) is 38.0 Å². The Labute approximate surface area is 263 Å². The highest BCUT2D eigenvalue weighted by molar-refractivity contribution is 7.69. The van der Waals surface area contributed by atoms with Crippen molar-refractivity contribution < 1.29 is 27.4 Å². The predicted molar refractivity (Wildman–Crippen MR) is 170 cm³/mol. The number of ether oxygens (including phenoxy) is 3. The molecular weight excluding hydrogens is 608 g/mol. The van der Waals surface area contributed by atoms with E-state index in [9.17, 15) is 13.2 Å². The number of hydrogen-bond acceptors (Lipinski definition) is 9. The number of thiol groups is 1. The fourth-order valence-electron chi connectivity index (χ4n) is 4.75. The largest absolute Gasteiger partial charge is 0.497 e. The average molecular weight is 645 g/mol. The maximum absolute atomic E-state index is 13.1. The molecule has 0 fully saturated rings. The SMILES string of the molecule is COc1ccc(CCN(Cc2ccc(-n3nc(C(=O)NCCCN(C)C)c4cnc(Cl)cc43)c(OC)c2)[SH](=O)=O)c(OC)c1. The van der Waals surface area contributed by atoms with Crippen LogP contribution in [0.25, 0.3) is 16.6 Å². The summed E-state index contributed by atoms with van der Waals surface area (Å²) >= 11 is 6.23. The zero-order chi connectivity index (χ0) is 31.8. The summed E-state index contributed by atoms with van der Waals surface area (Å²) in [6.45, 7) is 1.70. The summed E-state index contributed by atoms with van der Waals surface area (Å²) in [4.78, 5) is 19.3. The van der Waals surface area contributed by atoms with Crippen LogP contribution in [0.4, 0.5) is 0 Å². The predicted octanol–water partition coefficient (Wildman–Crippen LogP) is 3.35. The molecule has 0 bridgehead atoms. The van der Waals surface area contributed by atoms with Gasteiger partial charge in [0.2, 0.25) is 10.9 Å². The monoisotopic (exact) mass is 644 g/mol. The van der Waals surface area contributed by atoms with E-state index in [1.54, 1.807) is 49.2 Å². The summed E-state index contributed by atoms with van der Waals surface area (Å²) in [5.41, 5.74) is 2.91. The number of carbonyl (C=O) groups excluding carboxylic acids is 1. The molecule has 0 radical (unpaired) electrons. The topological polar surface area (TPSA) is 128 Å². The number of amides is 1. The van der Waals surface area contributed by atoms with E-state index in [1.807, 2.05) is 31.1 Å². The molecule has 4 aromatic rings. The lowest BCUT2D eigenvalue weighted by Crippen LogP contribution is -2.27. The zero-order valence-electron chi connectivity index (χ0n) is 25.4. The number of benzene rings is 2. The van der Waals surface area contributed by atoms with Gasteiger partial charge in [-0.25, -0.2) is 18.1 Å². The first-order chi connectivity index (χ1) is 21.1. The maximum Gasteiger partial charge on any atom is 0.272 e. The molecule has 0 aliphatic heterocycles. The van der Waals surface area contributed by atoms with Crippen molar-refractivity contribution in [3.63, 3.8) is 0 Å². The van der Waals surface area contributed by atoms with E-state index in [0.717, 1.165) is 18.5 Å². The lowest BCUT2D eigenvalue weighted by molar-refractivity contribution is 0.0948. The van der Waals surface area contributed by atoms with Crippen LogP contribution in [-0.4, -0.2) is 93.4 Å². The van der Waals surface area contributed by atoms with Crippen LogP contribution in [-0.2, 0) is 23.9 Å². The minimum atomic E-state index is -2.87. The van der Waals surface area contributed by atoms with E-state index >= 15 is 0 Å². The molecule has 1 N–H and O–H groups in total. The van der Waals surface area contributed by atoms with E-state index in [1.165, 1.54) is 17.6 Å². The second-order valence-corrected chi connectivity index (χ2v) is 11.7. The summed E-state index contributed by atoms with van der Waals surface area (Å²) in [5.74, 6) is 1.40. The minimum Gasteiger partial charge on any atom is -0.497 e. The van der Waals surface area contributed by atoms with Gasteiger partial charge in [-0.3, -0.25) is 4.79 Å². The summed E-state index contributed by atoms with van der Waals surface area (Å²) in [6, 6.07) is 12.4. The molecule has 12 nitrogen and oxygen atoms in total. The van der Waals surface area contributed by atoms with Crippen LogP contribution >= 0.6 is 11.6 Å². The van der Waals surface area contributed by atoms with E-state index in [-0.39, 0.29) is 29.8 Å². The Morgan fingerprint density at radius 3 is 2.45 bits per heavy atom. The van der Waals surface area contributed by atoms with Gasteiger partial charge in [0.25, 0.3) is 5.91 Å². The quantitative estimate of drug-likeness (QED) is 0.114. The first-order valence-electron chi connectivity index (χ1n) is 13.9. The molecule has 14 heteroatoms. The molecule has 2 aromatic carbocycles. The van der Waals surface area contributed by atoms with Crippen molar-refractivity contribution >= 4 is 39.3 Å². The van der Waals surface area contributed by atoms with Crippen LogP contribution in [0.2, 0.25) is 5.15 Å². The number of carbonyl (C=O) groups is 1. The molecule has 0 atom stereocenters. The van der Waals surface area contributed by atoms with Crippen molar-refractivity contribution in [1.82, 2.24) is 29.3 Å². The van der Waals surface area contributed by atoms with Gasteiger partial charge < -0.3 is 24.4 Å². The van der Waals surface area contributed by atoms with Crippen LogP contribution in [0.15, 0.2) is 48.7 Å². The molecule has 0 aliphatic rings. The van der Waals surface area contributed by atoms with Gasteiger partial charge >= 0.3 is 0 Å². The summed E-state index contributed by atoms with van der Waals surface area (Å²) in [5, 5.41) is 8.33. The molecule has 2 aromatic heterocycles. The van der Waals surface area contributed by atoms with Crippen LogP contribution in [0.3, 0.4) is 0 Å². The Balaban J connectivity index is 1.58. The minimum absolute atomic E-state index is 0.129. The number of fused-ring (bicyclic) bond motifs is 1. The summed E-state index contributed by atoms with van der Waals surface area (Å²) < 4.78 is 43.8. The van der Waals surface area contributed by atoms with Crippen molar-refractivity contribution in [2.24, 2.45) is 0 Å². The number of aromatic nitrogens is 3. The first-order valence-corrected chi connectivity index (χ1v) is 15.4. The van der Waals surface area contributed by atoms with E-state index < -0.39 is 10.9 Å². The number of pyridine rings is 1. The molecule has 2 heterocycles. The molecule has 44 heavy (non-hydrogen) atoms. The Morgan fingerprint density at radius 1 is 1.00 bits per heavy atom. The van der Waals surface area contributed by atoms with E-state index in [4.69, 9.17) is 25.8 Å². The molecule has 236 valence electrons. The van der Waals surface area contributed by atoms with Crippen molar-refractivity contribution in [3.8, 4) is 22.9 Å². The average Bonchev–Trinajstić information content (AvgIpc) is 3.39. The third kappa shape index (κ3) is 7.97. The fourth-order valence-corrected chi connectivity index (χ4v) is 5.44. The molecule has 0 spiro atoms. The molecule has 0 unspecified atom stereocenters. The Kier molecular flexibility index (Phi) is 11.4. The third-order valence-corrected chi connectivity index (χ3v) is 8.03. The zero-order valence-corrected chi connectivity index (χ0v) is 27.0. The van der Waals surface area contributed by atoms with Crippen LogP contribution in [0.1, 0.15) is 28.0 Å². The van der Waals surface area contributed by atoms with Crippen molar-refractivity contribution in [2.45, 2.75) is 19.4 Å². The highest BCUT2D eigenvalue weighted by Gasteiger charge is 2.21. The van der Waals surface area contributed by atoms with Crippen molar-refractivity contribution in [1.29, 1.82) is 0 Å². The number of hydrogen-bond donors (Lipinski definition) is 2. The smallest absolute Gasteiger partial charge is 0.272 e. The van der Waals surface area contributed by atoms with Gasteiger partial charge in [-0.05, 0) is 62.8 Å². The number of halogens is 1. The van der Waals surface area contributed by atoms with Gasteiger partial charge in [0.15, 0.2) is 5.69 Å². The fraction of sp³-hybridized carbons (Fsp3) is 0.367. The molecule has 1 amide bonds. The van der Waals surface area contributed by atoms with E-state index in [2.05, 4.69) is 15.4 Å².